The number of carbonyl (C=O) groups excluding carboxylic acids is 1. The monoisotopic (exact) mass is 362 g/mol. The normalized spacial score (nSPS) is 11.9. The molecule has 3 nitrogen and oxygen atoms in total. The molecule has 0 amide bonds. The summed E-state index contributed by atoms with van der Waals surface area (Å²) in [6.45, 7) is 2.21. The molecule has 2 aromatic carbocycles. The molecular weight excluding hydrogens is 344 g/mol. The molecule has 0 spiro atoms. The molecule has 0 fully saturated rings. The summed E-state index contributed by atoms with van der Waals surface area (Å²) in [5.74, 6) is 0.111. The highest BCUT2D eigenvalue weighted by Gasteiger charge is 2.17. The van der Waals surface area contributed by atoms with Crippen LogP contribution in [0.3, 0.4) is 0 Å². The Morgan fingerprint density at radius 1 is 1.14 bits per heavy atom. The number of aromatic hydroxyl groups is 1. The number of carbonyl (C=O) groups is 1. The number of ether oxygens (including phenoxy) is 1. The lowest BCUT2D eigenvalue weighted by Crippen LogP contribution is -2.12. The van der Waals surface area contributed by atoms with E-state index in [9.17, 15) is 9.90 Å². The number of phenols is 1. The van der Waals surface area contributed by atoms with Gasteiger partial charge in [-0.2, -0.15) is 0 Å². The third-order valence-electron chi connectivity index (χ3n) is 3.48. The number of halogens is 1. The zero-order valence-electron chi connectivity index (χ0n) is 12.5. The van der Waals surface area contributed by atoms with Crippen molar-refractivity contribution in [3.05, 3.63) is 64.1 Å². The van der Waals surface area contributed by atoms with Crippen LogP contribution in [0.15, 0.2) is 53.0 Å². The highest BCUT2D eigenvalue weighted by Crippen LogP contribution is 2.27. The van der Waals surface area contributed by atoms with Crippen molar-refractivity contribution >= 4 is 21.9 Å². The largest absolute Gasteiger partial charge is 0.508 e. The Balaban J connectivity index is 2.18. The van der Waals surface area contributed by atoms with Gasteiger partial charge in [0.15, 0.2) is 0 Å². The Morgan fingerprint density at radius 3 is 2.36 bits per heavy atom. The van der Waals surface area contributed by atoms with Gasteiger partial charge in [-0.05, 0) is 54.7 Å². The van der Waals surface area contributed by atoms with E-state index in [1.807, 2.05) is 43.3 Å². The van der Waals surface area contributed by atoms with Crippen molar-refractivity contribution in [3.8, 4) is 5.75 Å². The standard InChI is InChI=1S/C18H19BrO3/c1-2-22-18(21)12-15(14-5-7-16(19)8-6-14)11-13-3-9-17(20)10-4-13/h3-10,15,20H,2,11-12H2,1H3. The molecule has 1 unspecified atom stereocenters. The topological polar surface area (TPSA) is 46.5 Å². The lowest BCUT2D eigenvalue weighted by molar-refractivity contribution is -0.143. The van der Waals surface area contributed by atoms with Gasteiger partial charge in [0.2, 0.25) is 0 Å². The fraction of sp³-hybridized carbons (Fsp3) is 0.278. The molecule has 0 bridgehead atoms. The molecule has 0 aliphatic rings. The lowest BCUT2D eigenvalue weighted by atomic mass is 9.89. The maximum Gasteiger partial charge on any atom is 0.306 e. The number of rotatable bonds is 6. The molecule has 1 atom stereocenters. The van der Waals surface area contributed by atoms with E-state index in [1.54, 1.807) is 12.1 Å². The number of benzene rings is 2. The zero-order valence-corrected chi connectivity index (χ0v) is 14.0. The number of phenolic OH excluding ortho intramolecular Hbond substituents is 1. The maximum atomic E-state index is 11.9. The quantitative estimate of drug-likeness (QED) is 0.772. The van der Waals surface area contributed by atoms with Gasteiger partial charge in [0.25, 0.3) is 0 Å². The fourth-order valence-corrected chi connectivity index (χ4v) is 2.64. The molecule has 0 aliphatic heterocycles. The summed E-state index contributed by atoms with van der Waals surface area (Å²) < 4.78 is 6.10. The Morgan fingerprint density at radius 2 is 1.77 bits per heavy atom. The van der Waals surface area contributed by atoms with Crippen LogP contribution in [-0.4, -0.2) is 17.7 Å². The summed E-state index contributed by atoms with van der Waals surface area (Å²) in [5.41, 5.74) is 2.18. The lowest BCUT2D eigenvalue weighted by Gasteiger charge is -2.17. The second-order valence-electron chi connectivity index (χ2n) is 5.13. The molecule has 0 aliphatic carbocycles. The summed E-state index contributed by atoms with van der Waals surface area (Å²) >= 11 is 3.43. The molecule has 0 aromatic heterocycles. The first-order valence-electron chi connectivity index (χ1n) is 7.27. The molecule has 1 N–H and O–H groups in total. The Hall–Kier alpha value is -1.81. The van der Waals surface area contributed by atoms with Gasteiger partial charge in [-0.15, -0.1) is 0 Å². The van der Waals surface area contributed by atoms with Crippen LogP contribution in [0.4, 0.5) is 0 Å². The van der Waals surface area contributed by atoms with Crippen LogP contribution in [0.1, 0.15) is 30.4 Å². The molecule has 2 rings (SSSR count). The van der Waals surface area contributed by atoms with E-state index in [1.165, 1.54) is 0 Å². The Kier molecular flexibility index (Phi) is 6.01. The highest BCUT2D eigenvalue weighted by molar-refractivity contribution is 9.10. The third-order valence-corrected chi connectivity index (χ3v) is 4.01. The van der Waals surface area contributed by atoms with Crippen molar-refractivity contribution in [1.29, 1.82) is 0 Å². The minimum atomic E-state index is -0.186. The minimum absolute atomic E-state index is 0.0525. The second kappa shape index (κ2) is 7.99. The average Bonchev–Trinajstić information content (AvgIpc) is 2.50. The van der Waals surface area contributed by atoms with Crippen LogP contribution in [-0.2, 0) is 16.0 Å². The van der Waals surface area contributed by atoms with Crippen LogP contribution in [0, 0.1) is 0 Å². The third kappa shape index (κ3) is 4.88. The van der Waals surface area contributed by atoms with Gasteiger partial charge in [0, 0.05) is 4.47 Å². The van der Waals surface area contributed by atoms with E-state index >= 15 is 0 Å². The van der Waals surface area contributed by atoms with Crippen molar-refractivity contribution in [3.63, 3.8) is 0 Å². The number of hydrogen-bond donors (Lipinski definition) is 1. The van der Waals surface area contributed by atoms with Gasteiger partial charge in [-0.3, -0.25) is 4.79 Å². The molecule has 0 radical (unpaired) electrons. The van der Waals surface area contributed by atoms with Gasteiger partial charge in [-0.1, -0.05) is 40.2 Å². The summed E-state index contributed by atoms with van der Waals surface area (Å²) in [4.78, 5) is 11.9. The van der Waals surface area contributed by atoms with Crippen LogP contribution in [0.25, 0.3) is 0 Å². The van der Waals surface area contributed by atoms with Gasteiger partial charge in [0.05, 0.1) is 13.0 Å². The van der Waals surface area contributed by atoms with Gasteiger partial charge in [0.1, 0.15) is 5.75 Å². The van der Waals surface area contributed by atoms with Gasteiger partial charge in [-0.25, -0.2) is 0 Å². The van der Waals surface area contributed by atoms with Crippen molar-refractivity contribution < 1.29 is 14.6 Å². The smallest absolute Gasteiger partial charge is 0.306 e. The minimum Gasteiger partial charge on any atom is -0.508 e. The molecule has 0 saturated carbocycles. The average molecular weight is 363 g/mol. The van der Waals surface area contributed by atoms with Crippen molar-refractivity contribution in [1.82, 2.24) is 0 Å². The number of hydrogen-bond acceptors (Lipinski definition) is 3. The van der Waals surface area contributed by atoms with Crippen molar-refractivity contribution in [2.75, 3.05) is 6.61 Å². The molecule has 4 heteroatoms. The van der Waals surface area contributed by atoms with Gasteiger partial charge >= 0.3 is 5.97 Å². The van der Waals surface area contributed by atoms with Crippen molar-refractivity contribution in [2.24, 2.45) is 0 Å². The zero-order chi connectivity index (χ0) is 15.9. The van der Waals surface area contributed by atoms with Crippen LogP contribution < -0.4 is 0 Å². The van der Waals surface area contributed by atoms with E-state index in [2.05, 4.69) is 15.9 Å². The first-order valence-corrected chi connectivity index (χ1v) is 8.06. The first-order chi connectivity index (χ1) is 10.6. The predicted molar refractivity (Wildman–Crippen MR) is 89.9 cm³/mol. The predicted octanol–water partition coefficient (Wildman–Crippen LogP) is 4.43. The van der Waals surface area contributed by atoms with Crippen molar-refractivity contribution in [2.45, 2.75) is 25.7 Å². The maximum absolute atomic E-state index is 11.9. The second-order valence-corrected chi connectivity index (χ2v) is 6.04. The summed E-state index contributed by atoms with van der Waals surface area (Å²) in [6, 6.07) is 15.1. The molecular formula is C18H19BrO3. The molecule has 0 saturated heterocycles. The Bertz CT molecular complexity index is 605. The molecule has 116 valence electrons. The number of esters is 1. The van der Waals surface area contributed by atoms with Crippen LogP contribution in [0.2, 0.25) is 0 Å². The molecule has 2 aromatic rings. The van der Waals surface area contributed by atoms with Crippen LogP contribution in [0.5, 0.6) is 5.75 Å². The van der Waals surface area contributed by atoms with E-state index in [0.29, 0.717) is 13.0 Å². The molecule has 0 heterocycles. The summed E-state index contributed by atoms with van der Waals surface area (Å²) in [5, 5.41) is 9.37. The summed E-state index contributed by atoms with van der Waals surface area (Å²) in [6.07, 6.45) is 1.07. The SMILES string of the molecule is CCOC(=O)CC(Cc1ccc(O)cc1)c1ccc(Br)cc1. The van der Waals surface area contributed by atoms with Gasteiger partial charge < -0.3 is 9.84 Å². The first kappa shape index (κ1) is 16.6. The van der Waals surface area contributed by atoms with E-state index in [-0.39, 0.29) is 17.6 Å². The van der Waals surface area contributed by atoms with E-state index in [0.717, 1.165) is 22.0 Å². The molecule has 22 heavy (non-hydrogen) atoms. The summed E-state index contributed by atoms with van der Waals surface area (Å²) in [7, 11) is 0. The van der Waals surface area contributed by atoms with Crippen LogP contribution >= 0.6 is 15.9 Å². The van der Waals surface area contributed by atoms with E-state index < -0.39 is 0 Å². The van der Waals surface area contributed by atoms with E-state index in [4.69, 9.17) is 4.74 Å². The highest BCUT2D eigenvalue weighted by atomic mass is 79.9. The Labute approximate surface area is 139 Å². The fourth-order valence-electron chi connectivity index (χ4n) is 2.38.